The maximum absolute atomic E-state index is 5.41. The average Bonchev–Trinajstić information content (AvgIpc) is 2.43. The van der Waals surface area contributed by atoms with Gasteiger partial charge in [-0.05, 0) is 37.8 Å². The largest absolute Gasteiger partial charge is 0.383 e. The van der Waals surface area contributed by atoms with Crippen LogP contribution in [0.5, 0.6) is 0 Å². The average molecular weight is 254 g/mol. The van der Waals surface area contributed by atoms with Crippen LogP contribution in [0.15, 0.2) is 0 Å². The fourth-order valence-corrected chi connectivity index (χ4v) is 3.76. The van der Waals surface area contributed by atoms with Gasteiger partial charge in [0.2, 0.25) is 0 Å². The highest BCUT2D eigenvalue weighted by Crippen LogP contribution is 2.36. The Morgan fingerprint density at radius 3 is 2.72 bits per heavy atom. The lowest BCUT2D eigenvalue weighted by Crippen LogP contribution is -2.51. The number of hydrogen-bond acceptors (Lipinski definition) is 3. The van der Waals surface area contributed by atoms with E-state index in [-0.39, 0.29) is 0 Å². The van der Waals surface area contributed by atoms with E-state index in [2.05, 4.69) is 17.1 Å². The predicted molar refractivity (Wildman–Crippen MR) is 75.8 cm³/mol. The number of ether oxygens (including phenoxy) is 1. The molecule has 1 aliphatic heterocycles. The topological polar surface area (TPSA) is 24.5 Å². The van der Waals surface area contributed by atoms with Crippen LogP contribution in [-0.4, -0.2) is 50.8 Å². The van der Waals surface area contributed by atoms with E-state index in [1.165, 1.54) is 45.2 Å². The lowest BCUT2D eigenvalue weighted by molar-refractivity contribution is 0.0247. The minimum Gasteiger partial charge on any atom is -0.383 e. The van der Waals surface area contributed by atoms with Crippen molar-refractivity contribution < 1.29 is 4.74 Å². The first kappa shape index (κ1) is 14.3. The Balaban J connectivity index is 1.86. The molecule has 18 heavy (non-hydrogen) atoms. The molecule has 0 aromatic heterocycles. The third kappa shape index (κ3) is 3.69. The molecular formula is C15H30N2O. The van der Waals surface area contributed by atoms with Crippen molar-refractivity contribution in [3.63, 3.8) is 0 Å². The van der Waals surface area contributed by atoms with Crippen molar-refractivity contribution in [1.29, 1.82) is 0 Å². The number of likely N-dealkylation sites (tertiary alicyclic amines) is 1. The molecule has 1 aliphatic carbocycles. The standard InChI is InChI=1S/C15H30N2O/c1-3-16-10-15(12-18-2)17-9-8-13-6-4-5-7-14(13)11-17/h13-16H,3-12H2,1-2H3. The molecule has 3 heteroatoms. The van der Waals surface area contributed by atoms with Gasteiger partial charge in [0.15, 0.2) is 0 Å². The predicted octanol–water partition coefficient (Wildman–Crippen LogP) is 2.12. The van der Waals surface area contributed by atoms with Crippen molar-refractivity contribution in [1.82, 2.24) is 10.2 Å². The van der Waals surface area contributed by atoms with E-state index < -0.39 is 0 Å². The van der Waals surface area contributed by atoms with Crippen molar-refractivity contribution in [2.75, 3.05) is 39.9 Å². The Morgan fingerprint density at radius 1 is 1.22 bits per heavy atom. The number of nitrogens with one attached hydrogen (secondary N) is 1. The number of fused-ring (bicyclic) bond motifs is 1. The fourth-order valence-electron chi connectivity index (χ4n) is 3.76. The molecule has 0 spiro atoms. The summed E-state index contributed by atoms with van der Waals surface area (Å²) in [4.78, 5) is 2.68. The van der Waals surface area contributed by atoms with E-state index in [1.54, 1.807) is 0 Å². The molecule has 2 rings (SSSR count). The quantitative estimate of drug-likeness (QED) is 0.786. The molecule has 1 saturated carbocycles. The van der Waals surface area contributed by atoms with Crippen LogP contribution in [0.3, 0.4) is 0 Å². The lowest BCUT2D eigenvalue weighted by atomic mass is 9.75. The lowest BCUT2D eigenvalue weighted by Gasteiger charge is -2.44. The number of hydrogen-bond donors (Lipinski definition) is 1. The summed E-state index contributed by atoms with van der Waals surface area (Å²) in [5.41, 5.74) is 0. The van der Waals surface area contributed by atoms with Gasteiger partial charge < -0.3 is 10.1 Å². The van der Waals surface area contributed by atoms with Crippen LogP contribution in [0, 0.1) is 11.8 Å². The maximum Gasteiger partial charge on any atom is 0.0630 e. The Morgan fingerprint density at radius 2 is 2.00 bits per heavy atom. The fraction of sp³-hybridized carbons (Fsp3) is 1.00. The van der Waals surface area contributed by atoms with Gasteiger partial charge in [-0.3, -0.25) is 4.90 Å². The smallest absolute Gasteiger partial charge is 0.0630 e. The van der Waals surface area contributed by atoms with E-state index in [4.69, 9.17) is 4.74 Å². The van der Waals surface area contributed by atoms with E-state index in [1.807, 2.05) is 7.11 Å². The van der Waals surface area contributed by atoms with Crippen molar-refractivity contribution in [2.45, 2.75) is 45.1 Å². The molecule has 2 aliphatic rings. The summed E-state index contributed by atoms with van der Waals surface area (Å²) in [6, 6.07) is 0.567. The summed E-state index contributed by atoms with van der Waals surface area (Å²) in [6.45, 7) is 7.76. The molecule has 0 radical (unpaired) electrons. The Bertz CT molecular complexity index is 235. The molecule has 1 N–H and O–H groups in total. The van der Waals surface area contributed by atoms with Gasteiger partial charge in [0.05, 0.1) is 6.61 Å². The van der Waals surface area contributed by atoms with Crippen LogP contribution < -0.4 is 5.32 Å². The normalized spacial score (nSPS) is 31.0. The molecule has 1 saturated heterocycles. The van der Waals surface area contributed by atoms with Crippen molar-refractivity contribution >= 4 is 0 Å². The van der Waals surface area contributed by atoms with E-state index in [0.29, 0.717) is 6.04 Å². The first-order valence-electron chi connectivity index (χ1n) is 7.78. The molecule has 0 aromatic carbocycles. The Labute approximate surface area is 112 Å². The highest BCUT2D eigenvalue weighted by atomic mass is 16.5. The first-order chi connectivity index (χ1) is 8.85. The number of likely N-dealkylation sites (N-methyl/N-ethyl adjacent to an activating group) is 1. The summed E-state index contributed by atoms with van der Waals surface area (Å²) >= 11 is 0. The van der Waals surface area contributed by atoms with Crippen molar-refractivity contribution in [3.05, 3.63) is 0 Å². The molecule has 0 amide bonds. The van der Waals surface area contributed by atoms with Gasteiger partial charge in [-0.15, -0.1) is 0 Å². The Hall–Kier alpha value is -0.120. The van der Waals surface area contributed by atoms with Gasteiger partial charge in [0.1, 0.15) is 0 Å². The summed E-state index contributed by atoms with van der Waals surface area (Å²) in [7, 11) is 1.83. The van der Waals surface area contributed by atoms with Gasteiger partial charge in [-0.2, -0.15) is 0 Å². The minimum atomic E-state index is 0.567. The zero-order valence-corrected chi connectivity index (χ0v) is 12.2. The number of methoxy groups -OCH3 is 1. The third-order valence-corrected chi connectivity index (χ3v) is 4.83. The second kappa shape index (κ2) is 7.46. The third-order valence-electron chi connectivity index (χ3n) is 4.83. The van der Waals surface area contributed by atoms with Gasteiger partial charge in [-0.25, -0.2) is 0 Å². The van der Waals surface area contributed by atoms with Crippen LogP contribution in [0.4, 0.5) is 0 Å². The van der Waals surface area contributed by atoms with Gasteiger partial charge in [0, 0.05) is 26.2 Å². The molecule has 1 heterocycles. The van der Waals surface area contributed by atoms with Crippen LogP contribution in [0.1, 0.15) is 39.0 Å². The molecule has 2 fully saturated rings. The molecule has 0 bridgehead atoms. The summed E-state index contributed by atoms with van der Waals surface area (Å²) in [5, 5.41) is 3.48. The highest BCUT2D eigenvalue weighted by molar-refractivity contribution is 4.87. The zero-order chi connectivity index (χ0) is 12.8. The molecule has 3 unspecified atom stereocenters. The second-order valence-electron chi connectivity index (χ2n) is 6.01. The summed E-state index contributed by atoms with van der Waals surface area (Å²) < 4.78 is 5.41. The Kier molecular flexibility index (Phi) is 5.93. The number of piperidine rings is 1. The van der Waals surface area contributed by atoms with Gasteiger partial charge in [0.25, 0.3) is 0 Å². The summed E-state index contributed by atoms with van der Waals surface area (Å²) in [6.07, 6.45) is 7.29. The number of rotatable bonds is 6. The van der Waals surface area contributed by atoms with Gasteiger partial charge >= 0.3 is 0 Å². The molecule has 3 atom stereocenters. The molecular weight excluding hydrogens is 224 g/mol. The molecule has 3 nitrogen and oxygen atoms in total. The molecule has 0 aromatic rings. The van der Waals surface area contributed by atoms with Crippen LogP contribution >= 0.6 is 0 Å². The van der Waals surface area contributed by atoms with Crippen LogP contribution in [0.25, 0.3) is 0 Å². The number of nitrogens with zero attached hydrogens (tertiary/aromatic N) is 1. The highest BCUT2D eigenvalue weighted by Gasteiger charge is 2.33. The first-order valence-corrected chi connectivity index (χ1v) is 7.78. The SMILES string of the molecule is CCNCC(COC)N1CCC2CCCCC2C1. The monoisotopic (exact) mass is 254 g/mol. The van der Waals surface area contributed by atoms with Crippen molar-refractivity contribution in [3.8, 4) is 0 Å². The summed E-state index contributed by atoms with van der Waals surface area (Å²) in [5.74, 6) is 1.99. The van der Waals surface area contributed by atoms with Gasteiger partial charge in [-0.1, -0.05) is 26.2 Å². The van der Waals surface area contributed by atoms with E-state index in [0.717, 1.165) is 31.5 Å². The van der Waals surface area contributed by atoms with Crippen molar-refractivity contribution in [2.24, 2.45) is 11.8 Å². The zero-order valence-electron chi connectivity index (χ0n) is 12.2. The second-order valence-corrected chi connectivity index (χ2v) is 6.01. The van der Waals surface area contributed by atoms with E-state index in [9.17, 15) is 0 Å². The van der Waals surface area contributed by atoms with Crippen LogP contribution in [0.2, 0.25) is 0 Å². The minimum absolute atomic E-state index is 0.567. The van der Waals surface area contributed by atoms with Crippen LogP contribution in [-0.2, 0) is 4.74 Å². The molecule has 106 valence electrons. The maximum atomic E-state index is 5.41. The van der Waals surface area contributed by atoms with E-state index >= 15 is 0 Å².